The number of halogens is 1. The van der Waals surface area contributed by atoms with Crippen molar-refractivity contribution < 1.29 is 14.3 Å². The van der Waals surface area contributed by atoms with E-state index in [0.29, 0.717) is 49.3 Å². The van der Waals surface area contributed by atoms with Crippen molar-refractivity contribution in [1.82, 2.24) is 4.57 Å². The zero-order valence-electron chi connectivity index (χ0n) is 21.7. The van der Waals surface area contributed by atoms with Gasteiger partial charge in [-0.3, -0.25) is 9.36 Å². The number of carbonyl (C=O) groups is 1. The molecule has 4 rings (SSSR count). The maximum Gasteiger partial charge on any atom is 0.338 e. The summed E-state index contributed by atoms with van der Waals surface area (Å²) in [7, 11) is 1.55. The molecule has 2 heterocycles. The van der Waals surface area contributed by atoms with Gasteiger partial charge in [-0.05, 0) is 54.7 Å². The summed E-state index contributed by atoms with van der Waals surface area (Å²) in [5, 5.41) is 0.473. The molecule has 1 aliphatic rings. The number of methoxy groups -OCH3 is 1. The minimum Gasteiger partial charge on any atom is -0.496 e. The SMILES string of the molecule is CCCC1=C(C(=O)OCC)[C@H](c2cc(Cl)ccc2OC)n2c(s/c(=C/c3ccc(C(C)C)cc3)c2=O)=N1. The molecule has 0 amide bonds. The van der Waals surface area contributed by atoms with Crippen molar-refractivity contribution in [2.45, 2.75) is 52.5 Å². The molecule has 1 aromatic heterocycles. The summed E-state index contributed by atoms with van der Waals surface area (Å²) in [6, 6.07) is 12.6. The van der Waals surface area contributed by atoms with E-state index in [9.17, 15) is 9.59 Å². The number of rotatable bonds is 8. The molecule has 0 N–H and O–H groups in total. The van der Waals surface area contributed by atoms with Gasteiger partial charge in [0.15, 0.2) is 4.80 Å². The minimum atomic E-state index is -0.782. The molecule has 0 saturated heterocycles. The lowest BCUT2D eigenvalue weighted by Gasteiger charge is -2.27. The van der Waals surface area contributed by atoms with Gasteiger partial charge in [-0.25, -0.2) is 9.79 Å². The molecule has 0 spiro atoms. The van der Waals surface area contributed by atoms with E-state index in [1.807, 2.05) is 25.1 Å². The van der Waals surface area contributed by atoms with Gasteiger partial charge < -0.3 is 9.47 Å². The van der Waals surface area contributed by atoms with Crippen LogP contribution < -0.4 is 19.6 Å². The lowest BCUT2D eigenvalue weighted by Crippen LogP contribution is -2.40. The van der Waals surface area contributed by atoms with E-state index in [1.165, 1.54) is 16.9 Å². The number of allylic oxidation sites excluding steroid dienone is 1. The van der Waals surface area contributed by atoms with Crippen molar-refractivity contribution in [3.8, 4) is 5.75 Å². The van der Waals surface area contributed by atoms with Crippen molar-refractivity contribution >= 4 is 35.0 Å². The lowest BCUT2D eigenvalue weighted by molar-refractivity contribution is -0.139. The highest BCUT2D eigenvalue weighted by molar-refractivity contribution is 7.07. The van der Waals surface area contributed by atoms with Crippen LogP contribution in [0.4, 0.5) is 0 Å². The molecule has 6 nitrogen and oxygen atoms in total. The van der Waals surface area contributed by atoms with Gasteiger partial charge in [0, 0.05) is 10.6 Å². The van der Waals surface area contributed by atoms with Crippen LogP contribution in [0.15, 0.2) is 63.5 Å². The number of hydrogen-bond donors (Lipinski definition) is 0. The molecular formula is C29H31ClN2O4S. The highest BCUT2D eigenvalue weighted by Gasteiger charge is 2.36. The molecule has 2 aromatic carbocycles. The molecule has 3 aromatic rings. The second kappa shape index (κ2) is 11.5. The molecule has 0 radical (unpaired) electrons. The van der Waals surface area contributed by atoms with Crippen molar-refractivity contribution in [2.24, 2.45) is 4.99 Å². The maximum atomic E-state index is 13.9. The van der Waals surface area contributed by atoms with Crippen LogP contribution in [-0.2, 0) is 9.53 Å². The third kappa shape index (κ3) is 5.43. The Balaban J connectivity index is 2.00. The Morgan fingerprint density at radius 1 is 1.19 bits per heavy atom. The van der Waals surface area contributed by atoms with E-state index in [1.54, 1.807) is 36.8 Å². The van der Waals surface area contributed by atoms with Crippen LogP contribution in [0.1, 0.15) is 69.2 Å². The first-order chi connectivity index (χ1) is 17.8. The first-order valence-corrected chi connectivity index (χ1v) is 13.6. The smallest absolute Gasteiger partial charge is 0.338 e. The Morgan fingerprint density at radius 3 is 2.54 bits per heavy atom. The van der Waals surface area contributed by atoms with Gasteiger partial charge in [-0.1, -0.05) is 74.4 Å². The molecule has 0 saturated carbocycles. The number of ether oxygens (including phenoxy) is 2. The largest absolute Gasteiger partial charge is 0.496 e. The maximum absolute atomic E-state index is 13.9. The number of thiazole rings is 1. The molecule has 1 aliphatic heterocycles. The second-order valence-electron chi connectivity index (χ2n) is 9.12. The molecule has 0 bridgehead atoms. The molecule has 8 heteroatoms. The van der Waals surface area contributed by atoms with Gasteiger partial charge in [0.2, 0.25) is 0 Å². The lowest BCUT2D eigenvalue weighted by atomic mass is 9.93. The summed E-state index contributed by atoms with van der Waals surface area (Å²) in [4.78, 5) is 32.5. The monoisotopic (exact) mass is 538 g/mol. The number of aromatic nitrogens is 1. The van der Waals surface area contributed by atoms with Crippen molar-refractivity contribution in [3.63, 3.8) is 0 Å². The van der Waals surface area contributed by atoms with Crippen LogP contribution in [0.2, 0.25) is 5.02 Å². The normalized spacial score (nSPS) is 15.5. The summed E-state index contributed by atoms with van der Waals surface area (Å²) in [5.74, 6) is 0.443. The molecule has 1 atom stereocenters. The minimum absolute atomic E-state index is 0.206. The van der Waals surface area contributed by atoms with Gasteiger partial charge in [0.05, 0.1) is 29.5 Å². The fourth-order valence-corrected chi connectivity index (χ4v) is 5.66. The molecule has 0 fully saturated rings. The summed E-state index contributed by atoms with van der Waals surface area (Å²) >= 11 is 7.70. The quantitative estimate of drug-likeness (QED) is 0.362. The molecule has 0 unspecified atom stereocenters. The van der Waals surface area contributed by atoms with Gasteiger partial charge in [0.1, 0.15) is 11.8 Å². The van der Waals surface area contributed by atoms with Crippen molar-refractivity contribution in [2.75, 3.05) is 13.7 Å². The van der Waals surface area contributed by atoms with Crippen LogP contribution in [-0.4, -0.2) is 24.3 Å². The topological polar surface area (TPSA) is 69.9 Å². The van der Waals surface area contributed by atoms with E-state index in [4.69, 9.17) is 26.1 Å². The standard InChI is InChI=1S/C29H31ClN2O4S/c1-6-8-22-25(28(34)36-7-2)26(21-16-20(30)13-14-23(21)35-5)32-27(33)24(37-29(32)31-22)15-18-9-11-19(12-10-18)17(3)4/h9-17,26H,6-8H2,1-5H3/b24-15+/t26-/m0/s1. The number of carbonyl (C=O) groups excluding carboxylic acids is 1. The average Bonchev–Trinajstić information content (AvgIpc) is 3.18. The predicted octanol–water partition coefficient (Wildman–Crippen LogP) is 5.36. The molecule has 194 valence electrons. The van der Waals surface area contributed by atoms with E-state index in [-0.39, 0.29) is 12.2 Å². The predicted molar refractivity (Wildman–Crippen MR) is 148 cm³/mol. The second-order valence-corrected chi connectivity index (χ2v) is 10.6. The zero-order chi connectivity index (χ0) is 26.7. The number of esters is 1. The summed E-state index contributed by atoms with van der Waals surface area (Å²) in [6.07, 6.45) is 3.21. The first-order valence-electron chi connectivity index (χ1n) is 12.4. The summed E-state index contributed by atoms with van der Waals surface area (Å²) in [5.41, 5.74) is 3.48. The highest BCUT2D eigenvalue weighted by atomic mass is 35.5. The van der Waals surface area contributed by atoms with E-state index >= 15 is 0 Å². The Hall–Kier alpha value is -3.16. The highest BCUT2D eigenvalue weighted by Crippen LogP contribution is 2.38. The van der Waals surface area contributed by atoms with Crippen molar-refractivity contribution in [3.05, 3.63) is 95.1 Å². The fourth-order valence-electron chi connectivity index (χ4n) is 4.46. The average molecular weight is 539 g/mol. The van der Waals surface area contributed by atoms with E-state index in [0.717, 1.165) is 12.0 Å². The Kier molecular flexibility index (Phi) is 8.35. The third-order valence-corrected chi connectivity index (χ3v) is 7.50. The van der Waals surface area contributed by atoms with Gasteiger partial charge in [-0.2, -0.15) is 0 Å². The fraction of sp³-hybridized carbons (Fsp3) is 0.345. The summed E-state index contributed by atoms with van der Waals surface area (Å²) in [6.45, 7) is 8.28. The van der Waals surface area contributed by atoms with Crippen molar-refractivity contribution in [1.29, 1.82) is 0 Å². The van der Waals surface area contributed by atoms with E-state index in [2.05, 4.69) is 26.0 Å². The molecule has 37 heavy (non-hydrogen) atoms. The van der Waals surface area contributed by atoms with Gasteiger partial charge in [0.25, 0.3) is 5.56 Å². The number of hydrogen-bond acceptors (Lipinski definition) is 6. The van der Waals surface area contributed by atoms with Gasteiger partial charge in [-0.15, -0.1) is 0 Å². The Bertz CT molecular complexity index is 1520. The summed E-state index contributed by atoms with van der Waals surface area (Å²) < 4.78 is 13.2. The van der Waals surface area contributed by atoms with Gasteiger partial charge >= 0.3 is 5.97 Å². The third-order valence-electron chi connectivity index (χ3n) is 6.28. The van der Waals surface area contributed by atoms with Crippen LogP contribution in [0.25, 0.3) is 6.08 Å². The molecule has 0 aliphatic carbocycles. The Morgan fingerprint density at radius 2 is 1.92 bits per heavy atom. The number of fused-ring (bicyclic) bond motifs is 1. The zero-order valence-corrected chi connectivity index (χ0v) is 23.3. The van der Waals surface area contributed by atoms with Crippen LogP contribution in [0.3, 0.4) is 0 Å². The van der Waals surface area contributed by atoms with Crippen LogP contribution in [0.5, 0.6) is 5.75 Å². The van der Waals surface area contributed by atoms with Crippen LogP contribution >= 0.6 is 22.9 Å². The first kappa shape index (κ1) is 26.9. The number of benzene rings is 2. The van der Waals surface area contributed by atoms with E-state index < -0.39 is 12.0 Å². The Labute approximate surface area is 225 Å². The molecular weight excluding hydrogens is 508 g/mol. The number of nitrogens with zero attached hydrogens (tertiary/aromatic N) is 2. The van der Waals surface area contributed by atoms with Crippen LogP contribution in [0, 0.1) is 0 Å².